The van der Waals surface area contributed by atoms with Gasteiger partial charge in [0, 0.05) is 5.56 Å². The molecule has 0 aliphatic rings. The number of hydrogen-bond acceptors (Lipinski definition) is 9. The molecule has 0 spiro atoms. The van der Waals surface area contributed by atoms with Crippen LogP contribution in [0, 0.1) is 0 Å². The number of rotatable bonds is 4. The SMILES string of the molecule is NC(=O)c1n[nH]nc1-c1cc(S(=O)(=O)[O-])ccc1S(=O)(=O)[O-]. The molecule has 13 heteroatoms. The van der Waals surface area contributed by atoms with Gasteiger partial charge in [-0.2, -0.15) is 15.4 Å². The highest BCUT2D eigenvalue weighted by Crippen LogP contribution is 2.29. The van der Waals surface area contributed by atoms with Crippen molar-refractivity contribution >= 4 is 26.1 Å². The van der Waals surface area contributed by atoms with E-state index < -0.39 is 52.9 Å². The molecule has 0 aliphatic carbocycles. The van der Waals surface area contributed by atoms with Crippen LogP contribution in [0.15, 0.2) is 28.0 Å². The van der Waals surface area contributed by atoms with E-state index in [4.69, 9.17) is 5.73 Å². The topological polar surface area (TPSA) is 199 Å². The third-order valence-corrected chi connectivity index (χ3v) is 4.27. The van der Waals surface area contributed by atoms with E-state index in [9.17, 15) is 30.7 Å². The Morgan fingerprint density at radius 2 is 1.73 bits per heavy atom. The van der Waals surface area contributed by atoms with E-state index >= 15 is 0 Å². The summed E-state index contributed by atoms with van der Waals surface area (Å²) < 4.78 is 66.7. The molecule has 22 heavy (non-hydrogen) atoms. The molecule has 2 rings (SSSR count). The Hall–Kier alpha value is -2.35. The van der Waals surface area contributed by atoms with Crippen molar-refractivity contribution in [2.45, 2.75) is 9.79 Å². The first-order valence-electron chi connectivity index (χ1n) is 5.28. The number of amides is 1. The zero-order valence-electron chi connectivity index (χ0n) is 10.4. The Morgan fingerprint density at radius 3 is 2.23 bits per heavy atom. The highest BCUT2D eigenvalue weighted by Gasteiger charge is 2.21. The molecule has 0 atom stereocenters. The molecular formula is C9H6N4O7S2-2. The Morgan fingerprint density at radius 1 is 1.09 bits per heavy atom. The summed E-state index contributed by atoms with van der Waals surface area (Å²) in [5, 5.41) is 8.83. The third-order valence-electron chi connectivity index (χ3n) is 2.55. The average molecular weight is 346 g/mol. The first kappa shape index (κ1) is 16.0. The highest BCUT2D eigenvalue weighted by atomic mass is 32.2. The van der Waals surface area contributed by atoms with Gasteiger partial charge in [0.2, 0.25) is 0 Å². The van der Waals surface area contributed by atoms with E-state index in [2.05, 4.69) is 10.2 Å². The molecule has 0 fully saturated rings. The maximum absolute atomic E-state index is 11.2. The summed E-state index contributed by atoms with van der Waals surface area (Å²) in [7, 11) is -9.98. The lowest BCUT2D eigenvalue weighted by Gasteiger charge is -2.15. The first-order valence-corrected chi connectivity index (χ1v) is 8.10. The van der Waals surface area contributed by atoms with Gasteiger partial charge < -0.3 is 14.8 Å². The summed E-state index contributed by atoms with van der Waals surface area (Å²) in [6.07, 6.45) is 0. The number of primary amides is 1. The largest absolute Gasteiger partial charge is 0.744 e. The summed E-state index contributed by atoms with van der Waals surface area (Å²) in [5.41, 5.74) is 3.45. The zero-order valence-corrected chi connectivity index (χ0v) is 12.0. The van der Waals surface area contributed by atoms with Crippen LogP contribution in [-0.4, -0.2) is 47.3 Å². The van der Waals surface area contributed by atoms with Crippen LogP contribution in [0.3, 0.4) is 0 Å². The summed E-state index contributed by atoms with van der Waals surface area (Å²) in [5.74, 6) is -1.10. The lowest BCUT2D eigenvalue weighted by molar-refractivity contribution is 0.0996. The summed E-state index contributed by atoms with van der Waals surface area (Å²) >= 11 is 0. The van der Waals surface area contributed by atoms with E-state index in [-0.39, 0.29) is 0 Å². The van der Waals surface area contributed by atoms with E-state index in [1.54, 1.807) is 0 Å². The molecule has 1 aromatic carbocycles. The quantitative estimate of drug-likeness (QED) is 0.610. The summed E-state index contributed by atoms with van der Waals surface area (Å²) in [6, 6.07) is 1.89. The van der Waals surface area contributed by atoms with Crippen molar-refractivity contribution in [1.82, 2.24) is 15.4 Å². The van der Waals surface area contributed by atoms with Gasteiger partial charge in [-0.3, -0.25) is 4.79 Å². The second kappa shape index (κ2) is 5.13. The van der Waals surface area contributed by atoms with Crippen molar-refractivity contribution in [2.24, 2.45) is 5.73 Å². The molecule has 0 unspecified atom stereocenters. The van der Waals surface area contributed by atoms with E-state index in [1.807, 2.05) is 5.21 Å². The van der Waals surface area contributed by atoms with Crippen molar-refractivity contribution in [3.05, 3.63) is 23.9 Å². The number of benzene rings is 1. The first-order chi connectivity index (χ1) is 10.0. The van der Waals surface area contributed by atoms with Gasteiger partial charge in [-0.1, -0.05) is 0 Å². The molecule has 11 nitrogen and oxygen atoms in total. The molecule has 1 aromatic heterocycles. The Bertz CT molecular complexity index is 962. The molecule has 1 heterocycles. The third kappa shape index (κ3) is 2.96. The number of nitrogens with zero attached hydrogens (tertiary/aromatic N) is 2. The second-order valence-electron chi connectivity index (χ2n) is 3.95. The van der Waals surface area contributed by atoms with Gasteiger partial charge >= 0.3 is 0 Å². The Balaban J connectivity index is 2.87. The van der Waals surface area contributed by atoms with Crippen LogP contribution in [0.4, 0.5) is 0 Å². The number of aromatic nitrogens is 3. The van der Waals surface area contributed by atoms with Crippen molar-refractivity contribution in [3.63, 3.8) is 0 Å². The fourth-order valence-electron chi connectivity index (χ4n) is 1.66. The molecule has 3 N–H and O–H groups in total. The number of aromatic amines is 1. The van der Waals surface area contributed by atoms with Crippen LogP contribution in [0.5, 0.6) is 0 Å². The lowest BCUT2D eigenvalue weighted by atomic mass is 10.1. The smallest absolute Gasteiger partial charge is 0.271 e. The van der Waals surface area contributed by atoms with Gasteiger partial charge in [-0.05, 0) is 18.2 Å². The van der Waals surface area contributed by atoms with Gasteiger partial charge in [0.05, 0.1) is 9.79 Å². The normalized spacial score (nSPS) is 12.3. The van der Waals surface area contributed by atoms with E-state index in [0.717, 1.165) is 0 Å². The Labute approximate surface area is 123 Å². The minimum absolute atomic E-state index is 0.465. The number of nitrogens with one attached hydrogen (secondary N) is 1. The number of H-pyrrole nitrogens is 1. The standard InChI is InChI=1S/C9H8N4O7S2/c10-9(14)8-7(11-13-12-8)5-3-4(21(15,16)17)1-2-6(5)22(18,19)20/h1-3H,(H2,10,14)(H,11,12,13)(H,15,16,17)(H,18,19,20)/p-2. The summed E-state index contributed by atoms with van der Waals surface area (Å²) in [4.78, 5) is 9.50. The fraction of sp³-hybridized carbons (Fsp3) is 0. The summed E-state index contributed by atoms with van der Waals surface area (Å²) in [6.45, 7) is 0. The molecule has 118 valence electrons. The van der Waals surface area contributed by atoms with Crippen LogP contribution in [0.1, 0.15) is 10.5 Å². The number of carbonyl (C=O) groups is 1. The van der Waals surface area contributed by atoms with Gasteiger partial charge in [-0.15, -0.1) is 0 Å². The highest BCUT2D eigenvalue weighted by molar-refractivity contribution is 7.86. The van der Waals surface area contributed by atoms with E-state index in [1.165, 1.54) is 0 Å². The van der Waals surface area contributed by atoms with Gasteiger partial charge in [0.1, 0.15) is 25.9 Å². The predicted octanol–water partition coefficient (Wildman–Crippen LogP) is -1.62. The monoisotopic (exact) mass is 346 g/mol. The molecule has 0 radical (unpaired) electrons. The number of carbonyl (C=O) groups excluding carboxylic acids is 1. The van der Waals surface area contributed by atoms with Crippen LogP contribution in [0.2, 0.25) is 0 Å². The number of nitrogens with two attached hydrogens (primary N) is 1. The van der Waals surface area contributed by atoms with E-state index in [0.29, 0.717) is 18.2 Å². The maximum atomic E-state index is 11.2. The van der Waals surface area contributed by atoms with Gasteiger partial charge in [0.25, 0.3) is 5.91 Å². The molecule has 0 bridgehead atoms. The lowest BCUT2D eigenvalue weighted by Crippen LogP contribution is -2.14. The van der Waals surface area contributed by atoms with Crippen molar-refractivity contribution in [1.29, 1.82) is 0 Å². The van der Waals surface area contributed by atoms with Gasteiger partial charge in [0.15, 0.2) is 5.69 Å². The molecule has 0 saturated carbocycles. The molecule has 1 amide bonds. The maximum Gasteiger partial charge on any atom is 0.271 e. The number of hydrogen-bond donors (Lipinski definition) is 2. The Kier molecular flexibility index (Phi) is 3.74. The van der Waals surface area contributed by atoms with Crippen molar-refractivity contribution in [2.75, 3.05) is 0 Å². The fourth-order valence-corrected chi connectivity index (χ4v) is 2.81. The van der Waals surface area contributed by atoms with Crippen LogP contribution >= 0.6 is 0 Å². The second-order valence-corrected chi connectivity index (χ2v) is 6.68. The minimum atomic E-state index is -5.04. The van der Waals surface area contributed by atoms with Crippen molar-refractivity contribution in [3.8, 4) is 11.3 Å². The minimum Gasteiger partial charge on any atom is -0.744 e. The van der Waals surface area contributed by atoms with Crippen LogP contribution < -0.4 is 5.73 Å². The average Bonchev–Trinajstić information content (AvgIpc) is 2.85. The van der Waals surface area contributed by atoms with Gasteiger partial charge in [-0.25, -0.2) is 16.8 Å². The predicted molar refractivity (Wildman–Crippen MR) is 66.3 cm³/mol. The molecule has 2 aromatic rings. The zero-order chi connectivity index (χ0) is 16.7. The molecule has 0 saturated heterocycles. The van der Waals surface area contributed by atoms with Crippen LogP contribution in [-0.2, 0) is 20.2 Å². The molecule has 0 aliphatic heterocycles. The van der Waals surface area contributed by atoms with Crippen molar-refractivity contribution < 1.29 is 30.7 Å². The molecular weight excluding hydrogens is 340 g/mol. The van der Waals surface area contributed by atoms with Crippen LogP contribution in [0.25, 0.3) is 11.3 Å².